The second-order valence-electron chi connectivity index (χ2n) is 5.20. The second-order valence-corrected chi connectivity index (χ2v) is 6.85. The first-order valence-corrected chi connectivity index (χ1v) is 7.85. The zero-order valence-corrected chi connectivity index (χ0v) is 12.6. The van der Waals surface area contributed by atoms with Crippen molar-refractivity contribution in [3.8, 4) is 0 Å². The van der Waals surface area contributed by atoms with Crippen LogP contribution in [0, 0.1) is 6.92 Å². The van der Waals surface area contributed by atoms with Crippen molar-refractivity contribution in [1.82, 2.24) is 0 Å². The Morgan fingerprint density at radius 2 is 1.75 bits per heavy atom. The zero-order chi connectivity index (χ0) is 15.1. The van der Waals surface area contributed by atoms with Gasteiger partial charge >= 0.3 is 6.09 Å². The molecular weight excluding hydrogens is 280 g/mol. The number of rotatable bonds is 2. The maximum Gasteiger partial charge on any atom is 0.421 e. The van der Waals surface area contributed by atoms with E-state index in [2.05, 4.69) is 4.40 Å². The third-order valence-electron chi connectivity index (χ3n) is 2.82. The average molecular weight is 296 g/mol. The molecule has 2 rings (SSSR count). The molecule has 7 heteroatoms. The molecule has 0 bridgehead atoms. The van der Waals surface area contributed by atoms with Crippen molar-refractivity contribution in [1.29, 1.82) is 0 Å². The average Bonchev–Trinajstić information content (AvgIpc) is 2.48. The monoisotopic (exact) mass is 296 g/mol. The summed E-state index contributed by atoms with van der Waals surface area (Å²) in [6.45, 7) is 5.12. The molecule has 20 heavy (non-hydrogen) atoms. The molecular formula is C13H16N2O4S. The molecule has 0 aromatic heterocycles. The van der Waals surface area contributed by atoms with Crippen LogP contribution >= 0.6 is 0 Å². The first-order valence-electron chi connectivity index (χ1n) is 6.00. The van der Waals surface area contributed by atoms with Crippen LogP contribution in [0.3, 0.4) is 0 Å². The van der Waals surface area contributed by atoms with Crippen LogP contribution in [-0.4, -0.2) is 32.2 Å². The summed E-state index contributed by atoms with van der Waals surface area (Å²) in [4.78, 5) is 13.2. The quantitative estimate of drug-likeness (QED) is 0.837. The second kappa shape index (κ2) is 4.59. The molecule has 1 aliphatic rings. The van der Waals surface area contributed by atoms with E-state index in [9.17, 15) is 13.2 Å². The van der Waals surface area contributed by atoms with E-state index in [1.54, 1.807) is 26.0 Å². The summed E-state index contributed by atoms with van der Waals surface area (Å²) >= 11 is 0. The number of nitrogens with zero attached hydrogens (tertiary/aromatic N) is 2. The molecule has 0 atom stereocenters. The summed E-state index contributed by atoms with van der Waals surface area (Å²) in [5.74, 6) is 0.0638. The first kappa shape index (κ1) is 14.5. The number of hydrogen-bond acceptors (Lipinski definition) is 4. The number of amides is 1. The number of amidine groups is 1. The van der Waals surface area contributed by atoms with Crippen LogP contribution in [0.15, 0.2) is 28.7 Å². The molecule has 0 N–H and O–H groups in total. The Balaban J connectivity index is 2.57. The SMILES string of the molecule is Cc1ccc(N2C(=O)OC(C)(C)/C2=N\S(C)(=O)=O)cc1. The number of carbonyl (C=O) groups excluding carboxylic acids is 1. The number of sulfonamides is 1. The van der Waals surface area contributed by atoms with Gasteiger partial charge in [-0.2, -0.15) is 0 Å². The van der Waals surface area contributed by atoms with Crippen LogP contribution in [0.5, 0.6) is 0 Å². The number of hydrogen-bond donors (Lipinski definition) is 0. The van der Waals surface area contributed by atoms with Crippen LogP contribution in [0.4, 0.5) is 10.5 Å². The van der Waals surface area contributed by atoms with Crippen molar-refractivity contribution in [2.45, 2.75) is 26.4 Å². The minimum atomic E-state index is -3.64. The van der Waals surface area contributed by atoms with Gasteiger partial charge in [-0.1, -0.05) is 17.7 Å². The summed E-state index contributed by atoms with van der Waals surface area (Å²) in [6.07, 6.45) is 0.341. The lowest BCUT2D eigenvalue weighted by atomic mass is 10.1. The van der Waals surface area contributed by atoms with Gasteiger partial charge in [0.25, 0.3) is 10.0 Å². The minimum Gasteiger partial charge on any atom is -0.435 e. The summed E-state index contributed by atoms with van der Waals surface area (Å²) in [6, 6.07) is 7.09. The molecule has 0 saturated carbocycles. The van der Waals surface area contributed by atoms with Crippen molar-refractivity contribution in [3.05, 3.63) is 29.8 Å². The largest absolute Gasteiger partial charge is 0.435 e. The van der Waals surface area contributed by atoms with Gasteiger partial charge in [0.1, 0.15) is 0 Å². The molecule has 1 amide bonds. The molecule has 0 radical (unpaired) electrons. The van der Waals surface area contributed by atoms with Crippen LogP contribution < -0.4 is 4.90 Å². The lowest BCUT2D eigenvalue weighted by Gasteiger charge is -2.18. The normalized spacial score (nSPS) is 20.3. The summed E-state index contributed by atoms with van der Waals surface area (Å²) in [5.41, 5.74) is 0.459. The molecule has 1 aromatic rings. The highest BCUT2D eigenvalue weighted by Crippen LogP contribution is 2.30. The topological polar surface area (TPSA) is 76.0 Å². The van der Waals surface area contributed by atoms with Gasteiger partial charge in [-0.05, 0) is 32.9 Å². The van der Waals surface area contributed by atoms with E-state index in [4.69, 9.17) is 4.74 Å². The van der Waals surface area contributed by atoms with E-state index in [1.807, 2.05) is 19.1 Å². The van der Waals surface area contributed by atoms with Gasteiger partial charge in [0, 0.05) is 0 Å². The van der Waals surface area contributed by atoms with Crippen LogP contribution in [0.25, 0.3) is 0 Å². The maximum absolute atomic E-state index is 12.0. The smallest absolute Gasteiger partial charge is 0.421 e. The lowest BCUT2D eigenvalue weighted by Crippen LogP contribution is -2.37. The van der Waals surface area contributed by atoms with E-state index >= 15 is 0 Å². The standard InChI is InChI=1S/C13H16N2O4S/c1-9-5-7-10(8-6-9)15-11(14-20(4,17)18)13(2,3)19-12(15)16/h5-8H,1-4H3/b14-11+. The third kappa shape index (κ3) is 2.82. The van der Waals surface area contributed by atoms with Crippen LogP contribution in [-0.2, 0) is 14.8 Å². The minimum absolute atomic E-state index is 0.0638. The zero-order valence-electron chi connectivity index (χ0n) is 11.7. The van der Waals surface area contributed by atoms with E-state index in [1.165, 1.54) is 4.90 Å². The molecule has 0 unspecified atom stereocenters. The van der Waals surface area contributed by atoms with Crippen molar-refractivity contribution in [2.75, 3.05) is 11.2 Å². The molecule has 0 spiro atoms. The number of benzene rings is 1. The van der Waals surface area contributed by atoms with Gasteiger partial charge in [-0.25, -0.2) is 18.1 Å². The fourth-order valence-electron chi connectivity index (χ4n) is 1.89. The predicted octanol–water partition coefficient (Wildman–Crippen LogP) is 2.09. The Kier molecular flexibility index (Phi) is 3.33. The van der Waals surface area contributed by atoms with Gasteiger partial charge in [-0.3, -0.25) is 0 Å². The Labute approximate surface area is 118 Å². The molecule has 1 saturated heterocycles. The van der Waals surface area contributed by atoms with Crippen LogP contribution in [0.1, 0.15) is 19.4 Å². The summed E-state index contributed by atoms with van der Waals surface area (Å²) in [7, 11) is -3.64. The van der Waals surface area contributed by atoms with E-state index in [0.717, 1.165) is 11.8 Å². The van der Waals surface area contributed by atoms with Gasteiger partial charge in [0.2, 0.25) is 0 Å². The Morgan fingerprint density at radius 1 is 1.20 bits per heavy atom. The molecule has 108 valence electrons. The van der Waals surface area contributed by atoms with Gasteiger partial charge < -0.3 is 4.74 Å². The van der Waals surface area contributed by atoms with E-state index < -0.39 is 21.7 Å². The van der Waals surface area contributed by atoms with Crippen LogP contribution in [0.2, 0.25) is 0 Å². The van der Waals surface area contributed by atoms with Crippen molar-refractivity contribution in [2.24, 2.45) is 4.40 Å². The first-order chi connectivity index (χ1) is 9.10. The summed E-state index contributed by atoms with van der Waals surface area (Å²) in [5, 5.41) is 0. The Bertz CT molecular complexity index is 675. The molecule has 1 fully saturated rings. The van der Waals surface area contributed by atoms with Gasteiger partial charge in [0.05, 0.1) is 11.9 Å². The fraction of sp³-hybridized carbons (Fsp3) is 0.385. The van der Waals surface area contributed by atoms with Crippen molar-refractivity contribution >= 4 is 27.6 Å². The molecule has 1 aliphatic heterocycles. The number of aryl methyl sites for hydroxylation is 1. The molecule has 1 aromatic carbocycles. The van der Waals surface area contributed by atoms with Crippen molar-refractivity contribution < 1.29 is 17.9 Å². The highest BCUT2D eigenvalue weighted by atomic mass is 32.2. The number of carbonyl (C=O) groups is 1. The van der Waals surface area contributed by atoms with E-state index in [0.29, 0.717) is 5.69 Å². The van der Waals surface area contributed by atoms with E-state index in [-0.39, 0.29) is 5.84 Å². The summed E-state index contributed by atoms with van der Waals surface area (Å²) < 4.78 is 31.7. The number of ether oxygens (including phenoxy) is 1. The predicted molar refractivity (Wildman–Crippen MR) is 76.5 cm³/mol. The molecule has 1 heterocycles. The molecule has 6 nitrogen and oxygen atoms in total. The number of cyclic esters (lactones) is 1. The third-order valence-corrected chi connectivity index (χ3v) is 3.32. The molecule has 0 aliphatic carbocycles. The lowest BCUT2D eigenvalue weighted by molar-refractivity contribution is 0.110. The van der Waals surface area contributed by atoms with Crippen molar-refractivity contribution in [3.63, 3.8) is 0 Å². The fourth-order valence-corrected chi connectivity index (χ4v) is 2.51. The highest BCUT2D eigenvalue weighted by Gasteiger charge is 2.46. The Morgan fingerprint density at radius 3 is 2.25 bits per heavy atom. The number of anilines is 1. The maximum atomic E-state index is 12.0. The Hall–Kier alpha value is -1.89. The van der Waals surface area contributed by atoms with Gasteiger partial charge in [0.15, 0.2) is 11.4 Å². The van der Waals surface area contributed by atoms with Gasteiger partial charge in [-0.15, -0.1) is 4.40 Å². The highest BCUT2D eigenvalue weighted by molar-refractivity contribution is 7.89.